The second kappa shape index (κ2) is 9.79. The number of ether oxygens (including phenoxy) is 2. The van der Waals surface area contributed by atoms with Crippen molar-refractivity contribution in [2.24, 2.45) is 0 Å². The van der Waals surface area contributed by atoms with Gasteiger partial charge in [0.1, 0.15) is 6.61 Å². The van der Waals surface area contributed by atoms with Crippen molar-refractivity contribution in [1.82, 2.24) is 20.5 Å². The zero-order valence-corrected chi connectivity index (χ0v) is 19.7. The monoisotopic (exact) mass is 483 g/mol. The molecule has 5 rings (SSSR count). The standard InChI is InChI=1S/C22H25N7O4S/c1-31-18-9-14-12-29(33-13-15(14)10-19(18)32-2)22-27-26-21(34-22)20(30)25-16-11-24-4-3-17(16)28-7-5-23-6-8-28/h3-4,9-11,23H,5-8,12-13H2,1-2H3,(H,25,30). The third kappa shape index (κ3) is 4.47. The first-order valence-corrected chi connectivity index (χ1v) is 11.7. The Kier molecular flexibility index (Phi) is 6.43. The second-order valence-electron chi connectivity index (χ2n) is 7.76. The van der Waals surface area contributed by atoms with E-state index in [-0.39, 0.29) is 10.9 Å². The van der Waals surface area contributed by atoms with E-state index in [1.807, 2.05) is 18.2 Å². The van der Waals surface area contributed by atoms with Gasteiger partial charge < -0.3 is 25.0 Å². The number of nitrogens with zero attached hydrogens (tertiary/aromatic N) is 5. The smallest absolute Gasteiger partial charge is 0.286 e. The predicted molar refractivity (Wildman–Crippen MR) is 128 cm³/mol. The lowest BCUT2D eigenvalue weighted by molar-refractivity contribution is 0.0773. The summed E-state index contributed by atoms with van der Waals surface area (Å²) in [5.74, 6) is 0.970. The summed E-state index contributed by atoms with van der Waals surface area (Å²) >= 11 is 1.17. The highest BCUT2D eigenvalue weighted by Crippen LogP contribution is 2.35. The van der Waals surface area contributed by atoms with Crippen molar-refractivity contribution in [3.63, 3.8) is 0 Å². The molecule has 2 aromatic heterocycles. The van der Waals surface area contributed by atoms with Gasteiger partial charge in [0.15, 0.2) is 11.5 Å². The van der Waals surface area contributed by atoms with Crippen LogP contribution in [0.2, 0.25) is 0 Å². The van der Waals surface area contributed by atoms with Crippen LogP contribution in [0, 0.1) is 0 Å². The second-order valence-corrected chi connectivity index (χ2v) is 8.72. The molecule has 0 spiro atoms. The molecular formula is C22H25N7O4S. The number of carbonyl (C=O) groups is 1. The van der Waals surface area contributed by atoms with Crippen molar-refractivity contribution in [2.45, 2.75) is 13.2 Å². The lowest BCUT2D eigenvalue weighted by Crippen LogP contribution is -2.43. The summed E-state index contributed by atoms with van der Waals surface area (Å²) in [4.78, 5) is 25.2. The van der Waals surface area contributed by atoms with Crippen molar-refractivity contribution >= 4 is 33.8 Å². The van der Waals surface area contributed by atoms with E-state index in [0.29, 0.717) is 35.5 Å². The van der Waals surface area contributed by atoms with Crippen LogP contribution in [0.15, 0.2) is 30.6 Å². The molecule has 1 saturated heterocycles. The number of rotatable bonds is 6. The molecule has 178 valence electrons. The quantitative estimate of drug-likeness (QED) is 0.540. The fraction of sp³-hybridized carbons (Fsp3) is 0.364. The van der Waals surface area contributed by atoms with Crippen LogP contribution in [0.1, 0.15) is 20.9 Å². The lowest BCUT2D eigenvalue weighted by atomic mass is 10.1. The molecule has 2 N–H and O–H groups in total. The van der Waals surface area contributed by atoms with Crippen LogP contribution in [0.3, 0.4) is 0 Å². The molecule has 12 heteroatoms. The van der Waals surface area contributed by atoms with Crippen molar-refractivity contribution in [3.8, 4) is 11.5 Å². The van der Waals surface area contributed by atoms with Gasteiger partial charge in [-0.3, -0.25) is 14.6 Å². The Hall–Kier alpha value is -3.48. The number of benzene rings is 1. The van der Waals surface area contributed by atoms with Crippen molar-refractivity contribution in [2.75, 3.05) is 55.7 Å². The molecule has 4 heterocycles. The number of pyridine rings is 1. The number of anilines is 3. The minimum absolute atomic E-state index is 0.242. The molecule has 0 unspecified atom stereocenters. The van der Waals surface area contributed by atoms with Gasteiger partial charge >= 0.3 is 0 Å². The summed E-state index contributed by atoms with van der Waals surface area (Å²) < 4.78 is 10.8. The summed E-state index contributed by atoms with van der Waals surface area (Å²) in [6.07, 6.45) is 3.38. The molecule has 0 radical (unpaired) electrons. The number of carbonyl (C=O) groups excluding carboxylic acids is 1. The van der Waals surface area contributed by atoms with Gasteiger partial charge in [-0.05, 0) is 29.3 Å². The normalized spacial score (nSPS) is 15.6. The SMILES string of the molecule is COc1cc2c(cc1OC)CN(c1nnc(C(=O)Nc3cnccc3N3CCNCC3)s1)OC2. The number of piperazine rings is 1. The van der Waals surface area contributed by atoms with Gasteiger partial charge in [0.2, 0.25) is 10.1 Å². The number of amides is 1. The Bertz CT molecular complexity index is 1180. The molecule has 1 aromatic carbocycles. The van der Waals surface area contributed by atoms with Crippen LogP contribution in [0.5, 0.6) is 11.5 Å². The Labute approximate surface area is 200 Å². The average Bonchev–Trinajstić information content (AvgIpc) is 3.39. The van der Waals surface area contributed by atoms with E-state index in [1.165, 1.54) is 11.3 Å². The van der Waals surface area contributed by atoms with Crippen LogP contribution >= 0.6 is 11.3 Å². The van der Waals surface area contributed by atoms with Crippen LogP contribution in [0.4, 0.5) is 16.5 Å². The lowest BCUT2D eigenvalue weighted by Gasteiger charge is -2.30. The van der Waals surface area contributed by atoms with E-state index >= 15 is 0 Å². The summed E-state index contributed by atoms with van der Waals surface area (Å²) in [5.41, 5.74) is 3.62. The van der Waals surface area contributed by atoms with Crippen molar-refractivity contribution < 1.29 is 19.1 Å². The number of hydrogen-bond donors (Lipinski definition) is 2. The van der Waals surface area contributed by atoms with Gasteiger partial charge in [-0.1, -0.05) is 11.3 Å². The van der Waals surface area contributed by atoms with Crippen LogP contribution < -0.4 is 30.1 Å². The van der Waals surface area contributed by atoms with Crippen molar-refractivity contribution in [1.29, 1.82) is 0 Å². The number of hydrogen-bond acceptors (Lipinski definition) is 11. The van der Waals surface area contributed by atoms with Gasteiger partial charge in [-0.15, -0.1) is 10.2 Å². The van der Waals surface area contributed by atoms with Crippen LogP contribution in [0.25, 0.3) is 0 Å². The zero-order valence-electron chi connectivity index (χ0n) is 18.9. The van der Waals surface area contributed by atoms with E-state index in [0.717, 1.165) is 43.0 Å². The zero-order chi connectivity index (χ0) is 23.5. The molecule has 2 aliphatic rings. The maximum absolute atomic E-state index is 12.9. The molecule has 1 fully saturated rings. The largest absolute Gasteiger partial charge is 0.493 e. The summed E-state index contributed by atoms with van der Waals surface area (Å²) in [6, 6.07) is 5.75. The van der Waals surface area contributed by atoms with E-state index in [1.54, 1.807) is 31.7 Å². The van der Waals surface area contributed by atoms with Gasteiger partial charge in [0, 0.05) is 32.4 Å². The summed E-state index contributed by atoms with van der Waals surface area (Å²) in [6.45, 7) is 4.31. The van der Waals surface area contributed by atoms with E-state index < -0.39 is 0 Å². The number of aromatic nitrogens is 3. The molecule has 2 aliphatic heterocycles. The van der Waals surface area contributed by atoms with Crippen LogP contribution in [-0.4, -0.2) is 61.5 Å². The average molecular weight is 484 g/mol. The highest BCUT2D eigenvalue weighted by atomic mass is 32.1. The highest BCUT2D eigenvalue weighted by Gasteiger charge is 2.25. The Morgan fingerprint density at radius 2 is 1.91 bits per heavy atom. The highest BCUT2D eigenvalue weighted by molar-refractivity contribution is 7.17. The Morgan fingerprint density at radius 3 is 2.68 bits per heavy atom. The first-order chi connectivity index (χ1) is 16.7. The number of hydroxylamine groups is 1. The molecule has 0 aliphatic carbocycles. The molecule has 3 aromatic rings. The minimum atomic E-state index is -0.336. The van der Waals surface area contributed by atoms with E-state index in [9.17, 15) is 4.79 Å². The molecular weight excluding hydrogens is 458 g/mol. The van der Waals surface area contributed by atoms with E-state index in [4.69, 9.17) is 14.3 Å². The van der Waals surface area contributed by atoms with Gasteiger partial charge in [0.05, 0.1) is 38.3 Å². The molecule has 11 nitrogen and oxygen atoms in total. The third-order valence-electron chi connectivity index (χ3n) is 5.72. The molecule has 0 atom stereocenters. The van der Waals surface area contributed by atoms with Gasteiger partial charge in [-0.2, -0.15) is 0 Å². The predicted octanol–water partition coefficient (Wildman–Crippen LogP) is 2.06. The number of fused-ring (bicyclic) bond motifs is 1. The molecule has 34 heavy (non-hydrogen) atoms. The molecule has 0 saturated carbocycles. The minimum Gasteiger partial charge on any atom is -0.493 e. The number of nitrogens with one attached hydrogen (secondary N) is 2. The molecule has 1 amide bonds. The van der Waals surface area contributed by atoms with Gasteiger partial charge in [0.25, 0.3) is 5.91 Å². The first kappa shape index (κ1) is 22.3. The Morgan fingerprint density at radius 1 is 1.15 bits per heavy atom. The topological polar surface area (TPSA) is 114 Å². The maximum atomic E-state index is 12.9. The number of methoxy groups -OCH3 is 2. The fourth-order valence-corrected chi connectivity index (χ4v) is 4.66. The van der Waals surface area contributed by atoms with Crippen molar-refractivity contribution in [3.05, 3.63) is 46.7 Å². The maximum Gasteiger partial charge on any atom is 0.286 e. The summed E-state index contributed by atoms with van der Waals surface area (Å²) in [5, 5.41) is 16.9. The van der Waals surface area contributed by atoms with E-state index in [2.05, 4.69) is 30.7 Å². The fourth-order valence-electron chi connectivity index (χ4n) is 3.96. The first-order valence-electron chi connectivity index (χ1n) is 10.8. The van der Waals surface area contributed by atoms with Crippen LogP contribution in [-0.2, 0) is 18.0 Å². The Balaban J connectivity index is 1.30. The third-order valence-corrected chi connectivity index (χ3v) is 6.65. The molecule has 0 bridgehead atoms. The van der Waals surface area contributed by atoms with Gasteiger partial charge in [-0.25, -0.2) is 5.06 Å². The summed E-state index contributed by atoms with van der Waals surface area (Å²) in [7, 11) is 3.21.